The van der Waals surface area contributed by atoms with Crippen LogP contribution in [0.5, 0.6) is 0 Å². The number of fused-ring (bicyclic) bond motifs is 2. The predicted molar refractivity (Wildman–Crippen MR) is 122 cm³/mol. The molecule has 1 unspecified atom stereocenters. The number of nitriles is 1. The van der Waals surface area contributed by atoms with Crippen molar-refractivity contribution in [3.63, 3.8) is 0 Å². The van der Waals surface area contributed by atoms with Crippen LogP contribution in [0.25, 0.3) is 11.0 Å². The Morgan fingerprint density at radius 3 is 2.84 bits per heavy atom. The van der Waals surface area contributed by atoms with Gasteiger partial charge in [-0.2, -0.15) is 9.64 Å². The third-order valence-corrected chi connectivity index (χ3v) is 7.84. The molecule has 1 saturated heterocycles. The van der Waals surface area contributed by atoms with E-state index in [1.165, 1.54) is 11.5 Å². The molecule has 2 N–H and O–H groups in total. The monoisotopic (exact) mass is 448 g/mol. The fraction of sp³-hybridized carbons (Fsp3) is 0.500. The first-order chi connectivity index (χ1) is 15.6. The lowest BCUT2D eigenvalue weighted by Gasteiger charge is -2.29. The summed E-state index contributed by atoms with van der Waals surface area (Å²) in [5.74, 6) is 2.31. The number of hydrogen-bond donors (Lipinski definition) is 2. The number of H-pyrrole nitrogens is 1. The number of amides is 2. The Labute approximate surface area is 189 Å². The largest absolute Gasteiger partial charge is 0.370 e. The normalized spacial score (nSPS) is 24.5. The molecule has 2 aliphatic carbocycles. The maximum absolute atomic E-state index is 12.8. The number of hydrogen-bond acceptors (Lipinski definition) is 7. The van der Waals surface area contributed by atoms with Crippen LogP contribution < -0.4 is 10.2 Å². The van der Waals surface area contributed by atoms with Crippen molar-refractivity contribution in [2.45, 2.75) is 37.6 Å². The van der Waals surface area contributed by atoms with Crippen LogP contribution in [0, 0.1) is 23.2 Å². The van der Waals surface area contributed by atoms with Crippen LogP contribution in [-0.4, -0.2) is 56.4 Å². The molecule has 164 valence electrons. The van der Waals surface area contributed by atoms with Gasteiger partial charge >= 0.3 is 6.03 Å². The summed E-state index contributed by atoms with van der Waals surface area (Å²) >= 11 is 1.27. The van der Waals surface area contributed by atoms with E-state index in [1.54, 1.807) is 6.20 Å². The summed E-state index contributed by atoms with van der Waals surface area (Å²) in [4.78, 5) is 28.9. The van der Waals surface area contributed by atoms with Crippen LogP contribution in [0.2, 0.25) is 0 Å². The molecular weight excluding hydrogens is 424 g/mol. The van der Waals surface area contributed by atoms with Gasteiger partial charge in [-0.3, -0.25) is 5.32 Å². The summed E-state index contributed by atoms with van der Waals surface area (Å²) < 4.78 is 4.37. The highest BCUT2D eigenvalue weighted by molar-refractivity contribution is 7.09. The number of carbonyl (C=O) groups excluding carboxylic acids is 1. The van der Waals surface area contributed by atoms with E-state index in [4.69, 9.17) is 0 Å². The SMILES string of the molecule is CN(c1c(C#N)cnc2[nH]ccc12)C1C[C@@H]2CN(C(=O)Nc3nc(C4CC4)ns3)C[C@@H]2C1. The Morgan fingerprint density at radius 1 is 1.34 bits per heavy atom. The highest BCUT2D eigenvalue weighted by atomic mass is 32.1. The molecule has 6 rings (SSSR count). The van der Waals surface area contributed by atoms with Crippen molar-refractivity contribution in [3.05, 3.63) is 29.8 Å². The molecule has 0 aromatic carbocycles. The van der Waals surface area contributed by atoms with Crippen molar-refractivity contribution in [2.75, 3.05) is 30.4 Å². The van der Waals surface area contributed by atoms with E-state index in [1.807, 2.05) is 17.2 Å². The number of aromatic nitrogens is 4. The lowest BCUT2D eigenvalue weighted by atomic mass is 10.0. The molecule has 3 aromatic heterocycles. The molecule has 9 nitrogen and oxygen atoms in total. The maximum atomic E-state index is 12.8. The molecule has 2 saturated carbocycles. The highest BCUT2D eigenvalue weighted by Gasteiger charge is 2.44. The van der Waals surface area contributed by atoms with Crippen molar-refractivity contribution in [3.8, 4) is 6.07 Å². The number of likely N-dealkylation sites (tertiary alicyclic amines) is 1. The first kappa shape index (κ1) is 19.5. The number of nitrogens with one attached hydrogen (secondary N) is 2. The van der Waals surface area contributed by atoms with Crippen LogP contribution >= 0.6 is 11.5 Å². The second-order valence-corrected chi connectivity index (χ2v) is 9.95. The number of anilines is 2. The van der Waals surface area contributed by atoms with E-state index in [2.05, 4.69) is 42.7 Å². The Hall–Kier alpha value is -3.19. The second-order valence-electron chi connectivity index (χ2n) is 9.20. The number of urea groups is 1. The Balaban J connectivity index is 1.12. The topological polar surface area (TPSA) is 114 Å². The Morgan fingerprint density at radius 2 is 2.12 bits per heavy atom. The van der Waals surface area contributed by atoms with Crippen molar-refractivity contribution >= 4 is 39.4 Å². The summed E-state index contributed by atoms with van der Waals surface area (Å²) in [6, 6.07) is 4.55. The number of nitrogens with zero attached hydrogens (tertiary/aromatic N) is 6. The maximum Gasteiger partial charge on any atom is 0.323 e. The van der Waals surface area contributed by atoms with Crippen molar-refractivity contribution in [2.24, 2.45) is 11.8 Å². The quantitative estimate of drug-likeness (QED) is 0.631. The first-order valence-corrected chi connectivity index (χ1v) is 11.9. The summed E-state index contributed by atoms with van der Waals surface area (Å²) in [6.07, 6.45) is 7.83. The molecule has 3 aliphatic rings. The Bertz CT molecular complexity index is 1210. The average Bonchev–Trinajstić information content (AvgIpc) is 3.17. The second kappa shape index (κ2) is 7.45. The van der Waals surface area contributed by atoms with E-state index in [0.717, 1.165) is 61.3 Å². The van der Waals surface area contributed by atoms with Crippen LogP contribution in [0.3, 0.4) is 0 Å². The summed E-state index contributed by atoms with van der Waals surface area (Å²) in [7, 11) is 2.08. The van der Waals surface area contributed by atoms with Gasteiger partial charge in [-0.25, -0.2) is 14.8 Å². The predicted octanol–water partition coefficient (Wildman–Crippen LogP) is 3.54. The van der Waals surface area contributed by atoms with Gasteiger partial charge in [-0.05, 0) is 43.6 Å². The molecule has 32 heavy (non-hydrogen) atoms. The zero-order valence-electron chi connectivity index (χ0n) is 17.8. The van der Waals surface area contributed by atoms with Gasteiger partial charge in [-0.15, -0.1) is 0 Å². The van der Waals surface area contributed by atoms with Gasteiger partial charge in [0.2, 0.25) is 5.13 Å². The number of pyridine rings is 1. The van der Waals surface area contributed by atoms with Gasteiger partial charge in [0.1, 0.15) is 17.5 Å². The summed E-state index contributed by atoms with van der Waals surface area (Å²) in [5, 5.41) is 14.2. The number of aromatic amines is 1. The lowest BCUT2D eigenvalue weighted by Crippen LogP contribution is -2.36. The van der Waals surface area contributed by atoms with Gasteiger partial charge in [0.15, 0.2) is 0 Å². The highest BCUT2D eigenvalue weighted by Crippen LogP contribution is 2.43. The van der Waals surface area contributed by atoms with Gasteiger partial charge in [0.25, 0.3) is 0 Å². The molecule has 3 atom stereocenters. The molecule has 0 bridgehead atoms. The zero-order valence-corrected chi connectivity index (χ0v) is 18.6. The van der Waals surface area contributed by atoms with E-state index in [0.29, 0.717) is 34.5 Å². The minimum absolute atomic E-state index is 0.0715. The van der Waals surface area contributed by atoms with Crippen LogP contribution in [-0.2, 0) is 0 Å². The smallest absolute Gasteiger partial charge is 0.323 e. The van der Waals surface area contributed by atoms with Gasteiger partial charge in [-0.1, -0.05) is 0 Å². The minimum atomic E-state index is -0.0715. The molecule has 1 aliphatic heterocycles. The molecule has 10 heteroatoms. The fourth-order valence-corrected chi connectivity index (χ4v) is 5.99. The van der Waals surface area contributed by atoms with Gasteiger partial charge in [0, 0.05) is 61.4 Å². The molecule has 2 amide bonds. The molecule has 3 aromatic rings. The summed E-state index contributed by atoms with van der Waals surface area (Å²) in [5.41, 5.74) is 2.34. The minimum Gasteiger partial charge on any atom is -0.370 e. The molecule has 4 heterocycles. The fourth-order valence-electron chi connectivity index (χ4n) is 5.35. The van der Waals surface area contributed by atoms with E-state index in [-0.39, 0.29) is 6.03 Å². The average molecular weight is 449 g/mol. The molecule has 0 radical (unpaired) electrons. The van der Waals surface area contributed by atoms with Crippen LogP contribution in [0.1, 0.15) is 43.0 Å². The first-order valence-electron chi connectivity index (χ1n) is 11.1. The number of rotatable bonds is 4. The van der Waals surface area contributed by atoms with E-state index >= 15 is 0 Å². The lowest BCUT2D eigenvalue weighted by molar-refractivity contribution is 0.218. The van der Waals surface area contributed by atoms with Crippen molar-refractivity contribution in [1.82, 2.24) is 24.2 Å². The van der Waals surface area contributed by atoms with Gasteiger partial charge < -0.3 is 14.8 Å². The van der Waals surface area contributed by atoms with Gasteiger partial charge in [0.05, 0.1) is 11.3 Å². The van der Waals surface area contributed by atoms with Crippen molar-refractivity contribution in [1.29, 1.82) is 5.26 Å². The van der Waals surface area contributed by atoms with Crippen LogP contribution in [0.15, 0.2) is 18.5 Å². The molecule has 0 spiro atoms. The Kier molecular flexibility index (Phi) is 4.54. The van der Waals surface area contributed by atoms with Crippen molar-refractivity contribution < 1.29 is 4.79 Å². The summed E-state index contributed by atoms with van der Waals surface area (Å²) in [6.45, 7) is 1.52. The van der Waals surface area contributed by atoms with E-state index < -0.39 is 0 Å². The van der Waals surface area contributed by atoms with Crippen LogP contribution in [0.4, 0.5) is 15.6 Å². The molecule has 3 fully saturated rings. The third-order valence-electron chi connectivity index (χ3n) is 7.19. The zero-order chi connectivity index (χ0) is 21.8. The standard InChI is InChI=1S/C22H24N8OS/c1-29(18-15(8-23)9-25-20-17(18)4-5-24-20)16-6-13-10-30(11-14(13)7-16)22(31)27-21-26-19(28-32-21)12-2-3-12/h4-5,9,12-14,16H,2-3,6-7,10-11H2,1H3,(H,24,25)(H,26,27,28,31)/t13-,14+,16?. The molecular formula is C22H24N8OS. The van der Waals surface area contributed by atoms with E-state index in [9.17, 15) is 10.1 Å². The third kappa shape index (κ3) is 3.28. The number of carbonyl (C=O) groups is 1.